The molecule has 2 aromatic rings. The Balaban J connectivity index is 1.94. The Morgan fingerprint density at radius 2 is 1.68 bits per heavy atom. The quantitative estimate of drug-likeness (QED) is 0.759. The van der Waals surface area contributed by atoms with E-state index in [1.54, 1.807) is 41.0 Å². The van der Waals surface area contributed by atoms with Crippen molar-refractivity contribution in [2.75, 3.05) is 4.90 Å². The molecule has 0 aromatic heterocycles. The molecule has 0 bridgehead atoms. The third-order valence-corrected chi connectivity index (χ3v) is 4.39. The van der Waals surface area contributed by atoms with Gasteiger partial charge in [0.25, 0.3) is 11.6 Å². The summed E-state index contributed by atoms with van der Waals surface area (Å²) in [4.78, 5) is 37.4. The van der Waals surface area contributed by atoms with Gasteiger partial charge < -0.3 is 5.32 Å². The molecule has 1 atom stereocenters. The molecule has 0 spiro atoms. The van der Waals surface area contributed by atoms with Crippen molar-refractivity contribution in [3.05, 3.63) is 65.2 Å². The number of amides is 4. The molecule has 2 aromatic carbocycles. The van der Waals surface area contributed by atoms with Gasteiger partial charge in [-0.1, -0.05) is 54.1 Å². The van der Waals surface area contributed by atoms with Gasteiger partial charge in [-0.15, -0.1) is 0 Å². The lowest BCUT2D eigenvalue weighted by molar-refractivity contribution is -0.201. The minimum absolute atomic E-state index is 0.0976. The zero-order chi connectivity index (χ0) is 20.5. The Bertz CT molecular complexity index is 936. The fourth-order valence-corrected chi connectivity index (χ4v) is 2.98. The van der Waals surface area contributed by atoms with Crippen LogP contribution in [-0.4, -0.2) is 29.7 Å². The zero-order valence-corrected chi connectivity index (χ0v) is 14.8. The standard InChI is InChI=1S/C18H13ClF3N3O3/c19-12-8-4-5-9-13(12)25-15(27)17(18(20,21)22,24-16(25)28)23-14(26)10-11-6-2-1-3-7-11/h1-9H,10H2,(H,23,26)(H,24,28)/t17-/m0/s1. The van der Waals surface area contributed by atoms with Gasteiger partial charge in [0.1, 0.15) is 0 Å². The van der Waals surface area contributed by atoms with Crippen molar-refractivity contribution in [3.8, 4) is 0 Å². The number of halogens is 4. The van der Waals surface area contributed by atoms with Gasteiger partial charge >= 0.3 is 12.2 Å². The van der Waals surface area contributed by atoms with E-state index in [1.165, 1.54) is 24.3 Å². The van der Waals surface area contributed by atoms with E-state index >= 15 is 0 Å². The maximum Gasteiger partial charge on any atom is 0.440 e. The minimum Gasteiger partial charge on any atom is -0.318 e. The van der Waals surface area contributed by atoms with Crippen LogP contribution in [0.15, 0.2) is 54.6 Å². The van der Waals surface area contributed by atoms with Crippen LogP contribution in [0, 0.1) is 0 Å². The van der Waals surface area contributed by atoms with Crippen LogP contribution < -0.4 is 15.5 Å². The lowest BCUT2D eigenvalue weighted by atomic mass is 10.1. The first-order valence-electron chi connectivity index (χ1n) is 7.98. The van der Waals surface area contributed by atoms with E-state index in [2.05, 4.69) is 0 Å². The van der Waals surface area contributed by atoms with Crippen molar-refractivity contribution < 1.29 is 27.6 Å². The molecule has 28 heavy (non-hydrogen) atoms. The van der Waals surface area contributed by atoms with Crippen LogP contribution in [0.5, 0.6) is 0 Å². The molecule has 4 amide bonds. The lowest BCUT2D eigenvalue weighted by Crippen LogP contribution is -2.69. The number of nitrogens with one attached hydrogen (secondary N) is 2. The Hall–Kier alpha value is -3.07. The number of carbonyl (C=O) groups excluding carboxylic acids is 3. The first kappa shape index (κ1) is 19.7. The maximum absolute atomic E-state index is 13.8. The highest BCUT2D eigenvalue weighted by atomic mass is 35.5. The molecule has 6 nitrogen and oxygen atoms in total. The Morgan fingerprint density at radius 3 is 2.29 bits per heavy atom. The molecule has 3 rings (SSSR count). The molecule has 1 heterocycles. The highest BCUT2D eigenvalue weighted by molar-refractivity contribution is 6.36. The van der Waals surface area contributed by atoms with E-state index in [0.717, 1.165) is 0 Å². The fraction of sp³-hybridized carbons (Fsp3) is 0.167. The Kier molecular flexibility index (Phi) is 5.03. The van der Waals surface area contributed by atoms with Gasteiger partial charge in [-0.2, -0.15) is 13.2 Å². The predicted molar refractivity (Wildman–Crippen MR) is 94.5 cm³/mol. The number of hydrogen-bond donors (Lipinski definition) is 2. The van der Waals surface area contributed by atoms with Crippen LogP contribution >= 0.6 is 11.6 Å². The topological polar surface area (TPSA) is 78.5 Å². The first-order valence-corrected chi connectivity index (χ1v) is 8.36. The largest absolute Gasteiger partial charge is 0.440 e. The molecule has 146 valence electrons. The summed E-state index contributed by atoms with van der Waals surface area (Å²) in [7, 11) is 0. The van der Waals surface area contributed by atoms with Crippen molar-refractivity contribution in [3.63, 3.8) is 0 Å². The molecule has 10 heteroatoms. The lowest BCUT2D eigenvalue weighted by Gasteiger charge is -2.30. The summed E-state index contributed by atoms with van der Waals surface area (Å²) >= 11 is 5.91. The van der Waals surface area contributed by atoms with Gasteiger partial charge in [0.15, 0.2) is 0 Å². The second kappa shape index (κ2) is 7.16. The van der Waals surface area contributed by atoms with Crippen molar-refractivity contribution in [1.82, 2.24) is 10.6 Å². The van der Waals surface area contributed by atoms with E-state index in [9.17, 15) is 27.6 Å². The average molecular weight is 412 g/mol. The number of carbonyl (C=O) groups is 3. The fourth-order valence-electron chi connectivity index (χ4n) is 2.76. The number of hydrogen-bond acceptors (Lipinski definition) is 3. The van der Waals surface area contributed by atoms with Gasteiger partial charge in [-0.05, 0) is 17.7 Å². The molecule has 0 unspecified atom stereocenters. The molecule has 1 saturated heterocycles. The summed E-state index contributed by atoms with van der Waals surface area (Å²) in [6.07, 6.45) is -5.70. The predicted octanol–water partition coefficient (Wildman–Crippen LogP) is 3.01. The zero-order valence-electron chi connectivity index (χ0n) is 14.1. The van der Waals surface area contributed by atoms with Crippen LogP contribution in [0.2, 0.25) is 5.02 Å². The SMILES string of the molecule is O=C(Cc1ccccc1)N[C@]1(C(F)(F)F)NC(=O)N(c2ccccc2Cl)C1=O. The second-order valence-corrected chi connectivity index (χ2v) is 6.39. The second-order valence-electron chi connectivity index (χ2n) is 5.98. The van der Waals surface area contributed by atoms with Crippen LogP contribution in [0.25, 0.3) is 0 Å². The summed E-state index contributed by atoms with van der Waals surface area (Å²) in [6.45, 7) is 0. The number of imide groups is 1. The monoisotopic (exact) mass is 411 g/mol. The van der Waals surface area contributed by atoms with Crippen LogP contribution in [0.3, 0.4) is 0 Å². The van der Waals surface area contributed by atoms with E-state index in [4.69, 9.17) is 11.6 Å². The summed E-state index contributed by atoms with van der Waals surface area (Å²) in [5, 5.41) is 3.12. The number of benzene rings is 2. The normalized spacial score (nSPS) is 19.5. The number of para-hydroxylation sites is 1. The van der Waals surface area contributed by atoms with Crippen LogP contribution in [0.4, 0.5) is 23.7 Å². The van der Waals surface area contributed by atoms with Crippen LogP contribution in [0.1, 0.15) is 5.56 Å². The van der Waals surface area contributed by atoms with Crippen molar-refractivity contribution in [2.45, 2.75) is 18.3 Å². The molecule has 0 saturated carbocycles. The van der Waals surface area contributed by atoms with Crippen LogP contribution in [-0.2, 0) is 16.0 Å². The third kappa shape index (κ3) is 3.40. The number of urea groups is 1. The van der Waals surface area contributed by atoms with E-state index in [-0.39, 0.29) is 15.6 Å². The number of anilines is 1. The summed E-state index contributed by atoms with van der Waals surface area (Å²) in [6, 6.07) is 12.1. The summed E-state index contributed by atoms with van der Waals surface area (Å²) in [5.41, 5.74) is -3.37. The highest BCUT2D eigenvalue weighted by Crippen LogP contribution is 2.37. The van der Waals surface area contributed by atoms with Gasteiger partial charge in [0, 0.05) is 0 Å². The summed E-state index contributed by atoms with van der Waals surface area (Å²) < 4.78 is 41.5. The molecule has 1 aliphatic heterocycles. The van der Waals surface area contributed by atoms with Gasteiger partial charge in [-0.3, -0.25) is 14.9 Å². The average Bonchev–Trinajstić information content (AvgIpc) is 2.87. The van der Waals surface area contributed by atoms with Gasteiger partial charge in [0.05, 0.1) is 17.1 Å². The third-order valence-electron chi connectivity index (χ3n) is 4.07. The van der Waals surface area contributed by atoms with Crippen molar-refractivity contribution in [1.29, 1.82) is 0 Å². The van der Waals surface area contributed by atoms with E-state index in [0.29, 0.717) is 5.56 Å². The number of nitrogens with zero attached hydrogens (tertiary/aromatic N) is 1. The molecule has 2 N–H and O–H groups in total. The Morgan fingerprint density at radius 1 is 1.07 bits per heavy atom. The molecular weight excluding hydrogens is 399 g/mol. The van der Waals surface area contributed by atoms with Gasteiger partial charge in [-0.25, -0.2) is 9.69 Å². The molecule has 1 aliphatic rings. The molecular formula is C18H13ClF3N3O3. The summed E-state index contributed by atoms with van der Waals surface area (Å²) in [5.74, 6) is -2.78. The maximum atomic E-state index is 13.8. The molecule has 0 radical (unpaired) electrons. The highest BCUT2D eigenvalue weighted by Gasteiger charge is 2.69. The Labute approximate surface area is 162 Å². The number of alkyl halides is 3. The van der Waals surface area contributed by atoms with Crippen molar-refractivity contribution in [2.24, 2.45) is 0 Å². The van der Waals surface area contributed by atoms with E-state index in [1.807, 2.05) is 0 Å². The smallest absolute Gasteiger partial charge is 0.318 e. The van der Waals surface area contributed by atoms with Crippen molar-refractivity contribution >= 4 is 35.1 Å². The number of rotatable bonds is 4. The first-order chi connectivity index (χ1) is 13.2. The molecule has 1 fully saturated rings. The van der Waals surface area contributed by atoms with E-state index < -0.39 is 36.1 Å². The minimum atomic E-state index is -5.29. The van der Waals surface area contributed by atoms with Gasteiger partial charge in [0.2, 0.25) is 5.91 Å². The molecule has 0 aliphatic carbocycles.